The topological polar surface area (TPSA) is 75.5 Å². The van der Waals surface area contributed by atoms with Gasteiger partial charge in [0.05, 0.1) is 5.56 Å². The maximum absolute atomic E-state index is 12.6. The quantitative estimate of drug-likeness (QED) is 0.772. The minimum atomic E-state index is 0.0220. The molecule has 0 bridgehead atoms. The van der Waals surface area contributed by atoms with Crippen LogP contribution in [0.25, 0.3) is 0 Å². The van der Waals surface area contributed by atoms with Crippen LogP contribution in [0.5, 0.6) is 0 Å². The monoisotopic (exact) mass is 398 g/mol. The van der Waals surface area contributed by atoms with Crippen LogP contribution in [0.2, 0.25) is 0 Å². The molecule has 2 aliphatic heterocycles. The Bertz CT molecular complexity index is 707. The fourth-order valence-corrected chi connectivity index (χ4v) is 4.65. The number of hydrogen-bond donors (Lipinski definition) is 1. The van der Waals surface area contributed by atoms with E-state index in [9.17, 15) is 10.1 Å². The number of nitriles is 1. The molecule has 1 aromatic heterocycles. The van der Waals surface area contributed by atoms with Gasteiger partial charge in [0.2, 0.25) is 0 Å². The summed E-state index contributed by atoms with van der Waals surface area (Å²) in [5, 5.41) is 12.4. The Hall–Kier alpha value is -2.33. The van der Waals surface area contributed by atoms with Crippen LogP contribution >= 0.6 is 0 Å². The van der Waals surface area contributed by atoms with Crippen molar-refractivity contribution in [2.75, 3.05) is 57.3 Å². The van der Waals surface area contributed by atoms with Crippen LogP contribution < -0.4 is 10.2 Å². The molecule has 1 aromatic rings. The van der Waals surface area contributed by atoms with Crippen molar-refractivity contribution in [3.8, 4) is 6.07 Å². The molecule has 0 radical (unpaired) electrons. The van der Waals surface area contributed by atoms with Gasteiger partial charge in [0.25, 0.3) is 0 Å². The molecule has 3 heterocycles. The highest BCUT2D eigenvalue weighted by Gasteiger charge is 2.22. The van der Waals surface area contributed by atoms with Crippen LogP contribution in [0, 0.1) is 23.2 Å². The van der Waals surface area contributed by atoms with Gasteiger partial charge in [-0.05, 0) is 49.8 Å². The highest BCUT2D eigenvalue weighted by molar-refractivity contribution is 5.74. The van der Waals surface area contributed by atoms with Gasteiger partial charge in [-0.3, -0.25) is 0 Å². The first-order valence-corrected chi connectivity index (χ1v) is 10.9. The summed E-state index contributed by atoms with van der Waals surface area (Å²) in [5.74, 6) is 2.27. The zero-order valence-corrected chi connectivity index (χ0v) is 17.8. The molecule has 0 aromatic carbocycles. The van der Waals surface area contributed by atoms with Crippen molar-refractivity contribution in [1.29, 1.82) is 5.26 Å². The SMILES string of the molecule is CC1CC(C)CN(CCCNC(=O)N2CCCN(c3ncccc3C#N)CC2)C1. The number of aromatic nitrogens is 1. The summed E-state index contributed by atoms with van der Waals surface area (Å²) in [7, 11) is 0. The van der Waals surface area contributed by atoms with Gasteiger partial charge in [-0.1, -0.05) is 13.8 Å². The van der Waals surface area contributed by atoms with Crippen molar-refractivity contribution in [2.24, 2.45) is 11.8 Å². The first-order valence-electron chi connectivity index (χ1n) is 10.9. The number of amides is 2. The zero-order valence-electron chi connectivity index (χ0n) is 17.8. The zero-order chi connectivity index (χ0) is 20.6. The lowest BCUT2D eigenvalue weighted by Crippen LogP contribution is -2.43. The molecule has 2 atom stereocenters. The number of carbonyl (C=O) groups excluding carboxylic acids is 1. The minimum Gasteiger partial charge on any atom is -0.354 e. The molecule has 7 heteroatoms. The van der Waals surface area contributed by atoms with E-state index < -0.39 is 0 Å². The third kappa shape index (κ3) is 6.07. The van der Waals surface area contributed by atoms with E-state index in [0.717, 1.165) is 56.7 Å². The lowest BCUT2D eigenvalue weighted by Gasteiger charge is -2.35. The van der Waals surface area contributed by atoms with Gasteiger partial charge in [0, 0.05) is 52.0 Å². The van der Waals surface area contributed by atoms with Crippen molar-refractivity contribution in [3.63, 3.8) is 0 Å². The van der Waals surface area contributed by atoms with Crippen molar-refractivity contribution < 1.29 is 4.79 Å². The standard InChI is InChI=1S/C22H34N6O/c1-18-14-19(2)17-26(16-18)9-4-8-25-22(29)28-11-5-10-27(12-13-28)21-20(15-23)6-3-7-24-21/h3,6-7,18-19H,4-5,8-14,16-17H2,1-2H3,(H,25,29). The summed E-state index contributed by atoms with van der Waals surface area (Å²) in [6.45, 7) is 11.7. The van der Waals surface area contributed by atoms with Crippen LogP contribution in [0.1, 0.15) is 38.7 Å². The van der Waals surface area contributed by atoms with Crippen LogP contribution in [-0.4, -0.2) is 73.2 Å². The number of nitrogens with zero attached hydrogens (tertiary/aromatic N) is 5. The van der Waals surface area contributed by atoms with E-state index in [1.165, 1.54) is 19.5 Å². The van der Waals surface area contributed by atoms with Gasteiger partial charge in [0.15, 0.2) is 0 Å². The second-order valence-electron chi connectivity index (χ2n) is 8.61. The minimum absolute atomic E-state index is 0.0220. The Kier molecular flexibility index (Phi) is 7.70. The smallest absolute Gasteiger partial charge is 0.317 e. The van der Waals surface area contributed by atoms with Gasteiger partial charge in [-0.15, -0.1) is 0 Å². The number of nitrogens with one attached hydrogen (secondary N) is 1. The van der Waals surface area contributed by atoms with Crippen LogP contribution in [0.3, 0.4) is 0 Å². The maximum Gasteiger partial charge on any atom is 0.317 e. The normalized spacial score (nSPS) is 23.3. The fraction of sp³-hybridized carbons (Fsp3) is 0.682. The summed E-state index contributed by atoms with van der Waals surface area (Å²) in [6, 6.07) is 5.81. The van der Waals surface area contributed by atoms with Gasteiger partial charge in [-0.2, -0.15) is 5.26 Å². The number of urea groups is 1. The second-order valence-corrected chi connectivity index (χ2v) is 8.61. The Morgan fingerprint density at radius 3 is 2.79 bits per heavy atom. The second kappa shape index (κ2) is 10.4. The number of likely N-dealkylation sites (tertiary alicyclic amines) is 1. The molecule has 0 spiro atoms. The van der Waals surface area contributed by atoms with Crippen molar-refractivity contribution in [1.82, 2.24) is 20.1 Å². The molecule has 2 aliphatic rings. The summed E-state index contributed by atoms with van der Waals surface area (Å²) < 4.78 is 0. The Morgan fingerprint density at radius 2 is 2.03 bits per heavy atom. The summed E-state index contributed by atoms with van der Waals surface area (Å²) >= 11 is 0. The van der Waals surface area contributed by atoms with Crippen LogP contribution in [0.15, 0.2) is 18.3 Å². The molecule has 3 rings (SSSR count). The van der Waals surface area contributed by atoms with Gasteiger partial charge in [0.1, 0.15) is 11.9 Å². The van der Waals surface area contributed by atoms with Crippen LogP contribution in [-0.2, 0) is 0 Å². The summed E-state index contributed by atoms with van der Waals surface area (Å²) in [5.41, 5.74) is 0.590. The molecule has 2 saturated heterocycles. The van der Waals surface area contributed by atoms with Gasteiger partial charge < -0.3 is 20.0 Å². The van der Waals surface area contributed by atoms with Gasteiger partial charge in [-0.25, -0.2) is 9.78 Å². The van der Waals surface area contributed by atoms with E-state index in [1.54, 1.807) is 18.3 Å². The van der Waals surface area contributed by atoms with Crippen molar-refractivity contribution >= 4 is 11.8 Å². The Morgan fingerprint density at radius 1 is 1.24 bits per heavy atom. The maximum atomic E-state index is 12.6. The molecule has 7 nitrogen and oxygen atoms in total. The van der Waals surface area contributed by atoms with E-state index in [-0.39, 0.29) is 6.03 Å². The van der Waals surface area contributed by atoms with E-state index in [0.29, 0.717) is 18.7 Å². The molecule has 29 heavy (non-hydrogen) atoms. The van der Waals surface area contributed by atoms with Crippen LogP contribution in [0.4, 0.5) is 10.6 Å². The Balaban J connectivity index is 1.41. The highest BCUT2D eigenvalue weighted by Crippen LogP contribution is 2.21. The summed E-state index contributed by atoms with van der Waals surface area (Å²) in [4.78, 5) is 23.5. The first kappa shape index (κ1) is 21.4. The predicted octanol–water partition coefficient (Wildman–Crippen LogP) is 2.54. The number of pyridine rings is 1. The van der Waals surface area contributed by atoms with E-state index in [2.05, 4.69) is 40.0 Å². The first-order chi connectivity index (χ1) is 14.1. The van der Waals surface area contributed by atoms with E-state index in [1.807, 2.05) is 4.90 Å². The molecule has 0 aliphatic carbocycles. The number of anilines is 1. The van der Waals surface area contributed by atoms with E-state index >= 15 is 0 Å². The molecular weight excluding hydrogens is 364 g/mol. The number of piperidine rings is 1. The predicted molar refractivity (Wildman–Crippen MR) is 115 cm³/mol. The summed E-state index contributed by atoms with van der Waals surface area (Å²) in [6.07, 6.45) is 4.91. The van der Waals surface area contributed by atoms with E-state index in [4.69, 9.17) is 0 Å². The molecule has 1 N–H and O–H groups in total. The molecule has 158 valence electrons. The molecule has 0 saturated carbocycles. The average molecular weight is 399 g/mol. The fourth-order valence-electron chi connectivity index (χ4n) is 4.65. The number of hydrogen-bond acceptors (Lipinski definition) is 5. The van der Waals surface area contributed by atoms with Crippen molar-refractivity contribution in [3.05, 3.63) is 23.9 Å². The molecule has 2 fully saturated rings. The number of rotatable bonds is 5. The lowest BCUT2D eigenvalue weighted by atomic mass is 9.92. The molecule has 2 amide bonds. The van der Waals surface area contributed by atoms with Crippen molar-refractivity contribution in [2.45, 2.75) is 33.1 Å². The highest BCUT2D eigenvalue weighted by atomic mass is 16.2. The molecule has 2 unspecified atom stereocenters. The number of carbonyl (C=O) groups is 1. The Labute approximate surface area is 174 Å². The third-order valence-corrected chi connectivity index (χ3v) is 5.86. The third-order valence-electron chi connectivity index (χ3n) is 5.86. The lowest BCUT2D eigenvalue weighted by molar-refractivity contribution is 0.139. The average Bonchev–Trinajstić information content (AvgIpc) is 2.96. The van der Waals surface area contributed by atoms with Gasteiger partial charge >= 0.3 is 6.03 Å². The largest absolute Gasteiger partial charge is 0.354 e. The molecular formula is C22H34N6O.